The molecule has 1 aliphatic rings. The molecule has 0 spiro atoms. The smallest absolute Gasteiger partial charge is 0.141 e. The highest BCUT2D eigenvalue weighted by molar-refractivity contribution is 5.84. The maximum absolute atomic E-state index is 12.7. The molecular formula is C18H26O. The Balaban J connectivity index is 2.14. The summed E-state index contributed by atoms with van der Waals surface area (Å²) in [6.45, 7) is 8.86. The molecule has 1 heteroatoms. The number of aryl methyl sites for hydroxylation is 1. The molecule has 2 atom stereocenters. The van der Waals surface area contributed by atoms with Gasteiger partial charge in [0.05, 0.1) is 0 Å². The Morgan fingerprint density at radius 2 is 2.11 bits per heavy atom. The standard InChI is InChI=1S/C18H26O/c1-13-7-5-9-15(11-13)12-16(19)17-14(2)8-6-10-18(17,3)4/h5,7,9,11,14,17H,6,8,10,12H2,1-4H3/t14-,17-/m0/s1. The molecule has 2 rings (SSSR count). The summed E-state index contributed by atoms with van der Waals surface area (Å²) in [6.07, 6.45) is 4.25. The summed E-state index contributed by atoms with van der Waals surface area (Å²) in [7, 11) is 0. The number of ketones is 1. The SMILES string of the molecule is Cc1cccc(CC(=O)[C@@H]2[C@@H](C)CCCC2(C)C)c1. The van der Waals surface area contributed by atoms with Gasteiger partial charge in [-0.25, -0.2) is 0 Å². The zero-order valence-corrected chi connectivity index (χ0v) is 12.7. The maximum Gasteiger partial charge on any atom is 0.141 e. The number of benzene rings is 1. The number of carbonyl (C=O) groups excluding carboxylic acids is 1. The van der Waals surface area contributed by atoms with Crippen LogP contribution in [0.15, 0.2) is 24.3 Å². The second-order valence-electron chi connectivity index (χ2n) is 6.97. The lowest BCUT2D eigenvalue weighted by Gasteiger charge is -2.42. The fraction of sp³-hybridized carbons (Fsp3) is 0.611. The van der Waals surface area contributed by atoms with Crippen LogP contribution >= 0.6 is 0 Å². The van der Waals surface area contributed by atoms with Gasteiger partial charge in [0.15, 0.2) is 0 Å². The molecule has 1 aromatic carbocycles. The third kappa shape index (κ3) is 3.26. The van der Waals surface area contributed by atoms with Crippen molar-refractivity contribution >= 4 is 5.78 Å². The van der Waals surface area contributed by atoms with Crippen molar-refractivity contribution < 1.29 is 4.79 Å². The van der Waals surface area contributed by atoms with Gasteiger partial charge in [-0.15, -0.1) is 0 Å². The molecule has 0 bridgehead atoms. The number of hydrogen-bond donors (Lipinski definition) is 0. The lowest BCUT2D eigenvalue weighted by atomic mass is 9.62. The van der Waals surface area contributed by atoms with Crippen LogP contribution in [-0.2, 0) is 11.2 Å². The first kappa shape index (κ1) is 14.3. The molecule has 0 unspecified atom stereocenters. The molecule has 0 radical (unpaired) electrons. The maximum atomic E-state index is 12.7. The van der Waals surface area contributed by atoms with Gasteiger partial charge in [0.25, 0.3) is 0 Å². The molecule has 0 N–H and O–H groups in total. The van der Waals surface area contributed by atoms with Gasteiger partial charge in [0.2, 0.25) is 0 Å². The molecule has 104 valence electrons. The largest absolute Gasteiger partial charge is 0.299 e. The first-order valence-corrected chi connectivity index (χ1v) is 7.48. The van der Waals surface area contributed by atoms with Gasteiger partial charge in [-0.3, -0.25) is 4.79 Å². The summed E-state index contributed by atoms with van der Waals surface area (Å²) in [5.74, 6) is 1.19. The minimum Gasteiger partial charge on any atom is -0.299 e. The first-order valence-electron chi connectivity index (χ1n) is 7.48. The van der Waals surface area contributed by atoms with Crippen molar-refractivity contribution in [2.24, 2.45) is 17.3 Å². The van der Waals surface area contributed by atoms with Crippen molar-refractivity contribution in [2.45, 2.75) is 53.4 Å². The number of rotatable bonds is 3. The second-order valence-corrected chi connectivity index (χ2v) is 6.97. The van der Waals surface area contributed by atoms with E-state index in [2.05, 4.69) is 45.9 Å². The van der Waals surface area contributed by atoms with Gasteiger partial charge < -0.3 is 0 Å². The highest BCUT2D eigenvalue weighted by atomic mass is 16.1. The van der Waals surface area contributed by atoms with E-state index >= 15 is 0 Å². The second kappa shape index (κ2) is 5.48. The summed E-state index contributed by atoms with van der Waals surface area (Å²) in [5, 5.41) is 0. The molecule has 1 aromatic rings. The quantitative estimate of drug-likeness (QED) is 0.776. The molecular weight excluding hydrogens is 232 g/mol. The number of hydrogen-bond acceptors (Lipinski definition) is 1. The van der Waals surface area contributed by atoms with Crippen LogP contribution in [0, 0.1) is 24.2 Å². The van der Waals surface area contributed by atoms with E-state index in [4.69, 9.17) is 0 Å². The Labute approximate surface area is 117 Å². The molecule has 0 saturated heterocycles. The van der Waals surface area contributed by atoms with Crippen LogP contribution < -0.4 is 0 Å². The van der Waals surface area contributed by atoms with Crippen LogP contribution in [0.5, 0.6) is 0 Å². The van der Waals surface area contributed by atoms with Gasteiger partial charge >= 0.3 is 0 Å². The van der Waals surface area contributed by atoms with Gasteiger partial charge in [-0.2, -0.15) is 0 Å². The predicted molar refractivity (Wildman–Crippen MR) is 80.2 cm³/mol. The number of Topliss-reactive ketones (excluding diaryl/α,β-unsaturated/α-hetero) is 1. The Morgan fingerprint density at radius 1 is 1.37 bits per heavy atom. The van der Waals surface area contributed by atoms with Gasteiger partial charge in [0.1, 0.15) is 5.78 Å². The fourth-order valence-electron chi connectivity index (χ4n) is 3.86. The van der Waals surface area contributed by atoms with Crippen molar-refractivity contribution in [2.75, 3.05) is 0 Å². The van der Waals surface area contributed by atoms with Crippen LogP contribution in [0.1, 0.15) is 51.2 Å². The van der Waals surface area contributed by atoms with E-state index in [1.807, 2.05) is 6.07 Å². The van der Waals surface area contributed by atoms with E-state index in [0.29, 0.717) is 18.1 Å². The van der Waals surface area contributed by atoms with Gasteiger partial charge in [-0.05, 0) is 36.7 Å². The molecule has 0 aliphatic heterocycles. The topological polar surface area (TPSA) is 17.1 Å². The highest BCUT2D eigenvalue weighted by Crippen LogP contribution is 2.44. The Morgan fingerprint density at radius 3 is 2.74 bits per heavy atom. The Kier molecular flexibility index (Phi) is 4.13. The Hall–Kier alpha value is -1.11. The predicted octanol–water partition coefficient (Wildman–Crippen LogP) is 4.57. The van der Waals surface area contributed by atoms with E-state index in [0.717, 1.165) is 0 Å². The van der Waals surface area contributed by atoms with E-state index < -0.39 is 0 Å². The molecule has 19 heavy (non-hydrogen) atoms. The van der Waals surface area contributed by atoms with Crippen molar-refractivity contribution in [3.63, 3.8) is 0 Å². The first-order chi connectivity index (χ1) is 8.90. The van der Waals surface area contributed by atoms with E-state index in [1.165, 1.54) is 30.4 Å². The van der Waals surface area contributed by atoms with E-state index in [1.54, 1.807) is 0 Å². The van der Waals surface area contributed by atoms with Gasteiger partial charge in [-0.1, -0.05) is 57.0 Å². The van der Waals surface area contributed by atoms with Crippen molar-refractivity contribution in [3.8, 4) is 0 Å². The van der Waals surface area contributed by atoms with Gasteiger partial charge in [0, 0.05) is 12.3 Å². The normalized spacial score (nSPS) is 26.1. The van der Waals surface area contributed by atoms with Crippen LogP contribution in [0.25, 0.3) is 0 Å². The molecule has 0 amide bonds. The van der Waals surface area contributed by atoms with Crippen molar-refractivity contribution in [3.05, 3.63) is 35.4 Å². The van der Waals surface area contributed by atoms with Crippen LogP contribution in [0.4, 0.5) is 0 Å². The summed E-state index contributed by atoms with van der Waals surface area (Å²) in [5.41, 5.74) is 2.57. The average molecular weight is 258 g/mol. The Bertz CT molecular complexity index is 459. The van der Waals surface area contributed by atoms with Crippen LogP contribution in [0.3, 0.4) is 0 Å². The molecule has 1 aliphatic carbocycles. The van der Waals surface area contributed by atoms with Crippen molar-refractivity contribution in [1.29, 1.82) is 0 Å². The average Bonchev–Trinajstić information content (AvgIpc) is 2.27. The highest BCUT2D eigenvalue weighted by Gasteiger charge is 2.40. The molecule has 0 aromatic heterocycles. The lowest BCUT2D eigenvalue weighted by molar-refractivity contribution is -0.129. The third-order valence-corrected chi connectivity index (χ3v) is 4.70. The zero-order chi connectivity index (χ0) is 14.0. The molecule has 1 fully saturated rings. The summed E-state index contributed by atoms with van der Waals surface area (Å²) in [4.78, 5) is 12.7. The molecule has 0 heterocycles. The molecule has 1 saturated carbocycles. The monoisotopic (exact) mass is 258 g/mol. The minimum absolute atomic E-state index is 0.165. The zero-order valence-electron chi connectivity index (χ0n) is 12.7. The molecule has 1 nitrogen and oxygen atoms in total. The minimum atomic E-state index is 0.165. The van der Waals surface area contributed by atoms with E-state index in [9.17, 15) is 4.79 Å². The van der Waals surface area contributed by atoms with Crippen molar-refractivity contribution in [1.82, 2.24) is 0 Å². The third-order valence-electron chi connectivity index (χ3n) is 4.70. The van der Waals surface area contributed by atoms with Crippen LogP contribution in [-0.4, -0.2) is 5.78 Å². The lowest BCUT2D eigenvalue weighted by Crippen LogP contribution is -2.40. The van der Waals surface area contributed by atoms with Crippen LogP contribution in [0.2, 0.25) is 0 Å². The fourth-order valence-corrected chi connectivity index (χ4v) is 3.86. The van der Waals surface area contributed by atoms with E-state index in [-0.39, 0.29) is 11.3 Å². The number of carbonyl (C=O) groups is 1. The summed E-state index contributed by atoms with van der Waals surface area (Å²) < 4.78 is 0. The summed E-state index contributed by atoms with van der Waals surface area (Å²) in [6, 6.07) is 8.35. The summed E-state index contributed by atoms with van der Waals surface area (Å²) >= 11 is 0.